The smallest absolute Gasteiger partial charge is 0.372 e. The molecule has 0 aromatic carbocycles. The monoisotopic (exact) mass is 314 g/mol. The highest BCUT2D eigenvalue weighted by atomic mass is 17.2. The molecule has 0 aromatic heterocycles. The van der Waals surface area contributed by atoms with Crippen molar-refractivity contribution in [2.75, 3.05) is 6.61 Å². The lowest BCUT2D eigenvalue weighted by atomic mass is 10.1. The van der Waals surface area contributed by atoms with Crippen LogP contribution in [-0.2, 0) is 14.6 Å². The van der Waals surface area contributed by atoms with Crippen molar-refractivity contribution in [1.82, 2.24) is 0 Å². The van der Waals surface area contributed by atoms with E-state index < -0.39 is 5.97 Å². The molecule has 0 unspecified atom stereocenters. The van der Waals surface area contributed by atoms with Crippen LogP contribution in [0.25, 0.3) is 0 Å². The maximum Gasteiger partial charge on any atom is 0.372 e. The minimum Gasteiger partial charge on any atom is -0.515 e. The average Bonchev–Trinajstić information content (AvgIpc) is 2.53. The van der Waals surface area contributed by atoms with E-state index in [1.165, 1.54) is 51.4 Å². The fourth-order valence-electron chi connectivity index (χ4n) is 2.29. The fraction of sp³-hybridized carbons (Fsp3) is 0.833. The molecule has 4 heteroatoms. The Balaban J connectivity index is 3.31. The van der Waals surface area contributed by atoms with Crippen molar-refractivity contribution in [2.24, 2.45) is 0 Å². The molecular weight excluding hydrogens is 280 g/mol. The fourth-order valence-corrected chi connectivity index (χ4v) is 2.29. The molecule has 0 aliphatic heterocycles. The van der Waals surface area contributed by atoms with Gasteiger partial charge in [-0.05, 0) is 12.8 Å². The van der Waals surface area contributed by atoms with E-state index in [2.05, 4.69) is 11.8 Å². The van der Waals surface area contributed by atoms with Gasteiger partial charge in [0.2, 0.25) is 0 Å². The van der Waals surface area contributed by atoms with Crippen LogP contribution >= 0.6 is 0 Å². The van der Waals surface area contributed by atoms with Crippen molar-refractivity contribution >= 4 is 5.97 Å². The van der Waals surface area contributed by atoms with E-state index in [-0.39, 0.29) is 5.57 Å². The molecule has 0 aliphatic rings. The maximum absolute atomic E-state index is 11.5. The lowest BCUT2D eigenvalue weighted by Gasteiger charge is -2.05. The number of unbranched alkanes of at least 4 members (excludes halogenated alkanes) is 9. The van der Waals surface area contributed by atoms with E-state index >= 15 is 0 Å². The van der Waals surface area contributed by atoms with Crippen LogP contribution in [0, 0.1) is 0 Å². The van der Waals surface area contributed by atoms with Gasteiger partial charge in [0.05, 0.1) is 18.4 Å². The summed E-state index contributed by atoms with van der Waals surface area (Å²) < 4.78 is 0. The van der Waals surface area contributed by atoms with E-state index in [9.17, 15) is 4.79 Å². The van der Waals surface area contributed by atoms with Crippen molar-refractivity contribution in [1.29, 1.82) is 0 Å². The van der Waals surface area contributed by atoms with Crippen LogP contribution in [0.5, 0.6) is 0 Å². The molecule has 4 nitrogen and oxygen atoms in total. The third-order valence-corrected chi connectivity index (χ3v) is 3.65. The van der Waals surface area contributed by atoms with Crippen LogP contribution in [0.4, 0.5) is 0 Å². The molecule has 0 aromatic rings. The molecule has 0 spiro atoms. The Kier molecular flexibility index (Phi) is 15.6. The van der Waals surface area contributed by atoms with Crippen molar-refractivity contribution in [3.05, 3.63) is 11.8 Å². The molecular formula is C18H34O4. The van der Waals surface area contributed by atoms with Gasteiger partial charge in [-0.15, -0.1) is 0 Å². The summed E-state index contributed by atoms with van der Waals surface area (Å²) in [4.78, 5) is 21.0. The highest BCUT2D eigenvalue weighted by Crippen LogP contribution is 2.11. The lowest BCUT2D eigenvalue weighted by molar-refractivity contribution is -0.269. The van der Waals surface area contributed by atoms with Crippen molar-refractivity contribution in [3.8, 4) is 0 Å². The van der Waals surface area contributed by atoms with E-state index in [0.717, 1.165) is 25.5 Å². The van der Waals surface area contributed by atoms with Gasteiger partial charge < -0.3 is 5.11 Å². The minimum atomic E-state index is -0.587. The van der Waals surface area contributed by atoms with Crippen LogP contribution in [0.3, 0.4) is 0 Å². The zero-order chi connectivity index (χ0) is 16.5. The number of hydrogen-bond donors (Lipinski definition) is 1. The van der Waals surface area contributed by atoms with Gasteiger partial charge in [-0.25, -0.2) is 4.79 Å². The third kappa shape index (κ3) is 12.7. The van der Waals surface area contributed by atoms with Gasteiger partial charge in [-0.2, -0.15) is 4.89 Å². The summed E-state index contributed by atoms with van der Waals surface area (Å²) in [6, 6.07) is 0. The van der Waals surface area contributed by atoms with Crippen LogP contribution in [0.2, 0.25) is 0 Å². The molecule has 130 valence electrons. The van der Waals surface area contributed by atoms with Crippen LogP contribution < -0.4 is 0 Å². The van der Waals surface area contributed by atoms with E-state index in [1.54, 1.807) is 0 Å². The first-order valence-electron chi connectivity index (χ1n) is 8.93. The van der Waals surface area contributed by atoms with Crippen molar-refractivity contribution in [3.63, 3.8) is 0 Å². The topological polar surface area (TPSA) is 55.8 Å². The maximum atomic E-state index is 11.5. The summed E-state index contributed by atoms with van der Waals surface area (Å²) >= 11 is 0. The zero-order valence-corrected chi connectivity index (χ0v) is 14.4. The minimum absolute atomic E-state index is 0.255. The zero-order valence-electron chi connectivity index (χ0n) is 14.4. The van der Waals surface area contributed by atoms with Crippen LogP contribution in [0.1, 0.15) is 90.9 Å². The summed E-state index contributed by atoms with van der Waals surface area (Å²) in [5, 5.41) is 8.90. The van der Waals surface area contributed by atoms with Crippen molar-refractivity contribution in [2.45, 2.75) is 90.9 Å². The van der Waals surface area contributed by atoms with Gasteiger partial charge >= 0.3 is 5.97 Å². The van der Waals surface area contributed by atoms with Gasteiger partial charge in [0.15, 0.2) is 0 Å². The highest BCUT2D eigenvalue weighted by molar-refractivity contribution is 5.87. The number of carbonyl (C=O) groups excluding carboxylic acids is 1. The summed E-state index contributed by atoms with van der Waals surface area (Å²) in [5.41, 5.74) is 0.255. The molecule has 0 fully saturated rings. The molecule has 0 heterocycles. The highest BCUT2D eigenvalue weighted by Gasteiger charge is 2.11. The number of rotatable bonds is 15. The standard InChI is InChI=1S/C18H34O4/c1-3-5-6-7-8-9-10-11-12-13-15-21-22-18(20)17(16-19)14-4-2/h16,19H,3-15H2,1-2H3. The summed E-state index contributed by atoms with van der Waals surface area (Å²) in [5.74, 6) is -0.587. The molecule has 0 saturated carbocycles. The third-order valence-electron chi connectivity index (χ3n) is 3.65. The first-order chi connectivity index (χ1) is 10.8. The Bertz CT molecular complexity index is 287. The normalized spacial score (nSPS) is 11.6. The molecule has 0 saturated heterocycles. The summed E-state index contributed by atoms with van der Waals surface area (Å²) in [6.45, 7) is 4.60. The lowest BCUT2D eigenvalue weighted by Crippen LogP contribution is -2.09. The second-order valence-electron chi connectivity index (χ2n) is 5.78. The van der Waals surface area contributed by atoms with Gasteiger partial charge in [0.25, 0.3) is 0 Å². The predicted molar refractivity (Wildman–Crippen MR) is 89.5 cm³/mol. The SMILES string of the molecule is CCCCCCCCCCCCOOC(=O)C(=CO)CCC. The number of aliphatic hydroxyl groups excluding tert-OH is 1. The van der Waals surface area contributed by atoms with Crippen LogP contribution in [-0.4, -0.2) is 17.7 Å². The average molecular weight is 314 g/mol. The Morgan fingerprint density at radius 3 is 1.91 bits per heavy atom. The Morgan fingerprint density at radius 2 is 1.41 bits per heavy atom. The van der Waals surface area contributed by atoms with Gasteiger partial charge in [0, 0.05) is 0 Å². The second kappa shape index (κ2) is 16.3. The number of carbonyl (C=O) groups is 1. The second-order valence-corrected chi connectivity index (χ2v) is 5.78. The van der Waals surface area contributed by atoms with Crippen molar-refractivity contribution < 1.29 is 19.7 Å². The molecule has 1 N–H and O–H groups in total. The molecule has 0 radical (unpaired) electrons. The predicted octanol–water partition coefficient (Wildman–Crippen LogP) is 5.62. The van der Waals surface area contributed by atoms with E-state index in [0.29, 0.717) is 13.0 Å². The number of hydrogen-bond acceptors (Lipinski definition) is 4. The first-order valence-corrected chi connectivity index (χ1v) is 8.93. The number of aliphatic hydroxyl groups is 1. The molecule has 22 heavy (non-hydrogen) atoms. The Hall–Kier alpha value is -1.03. The summed E-state index contributed by atoms with van der Waals surface area (Å²) in [7, 11) is 0. The van der Waals surface area contributed by atoms with E-state index in [1.807, 2.05) is 6.92 Å². The largest absolute Gasteiger partial charge is 0.515 e. The summed E-state index contributed by atoms with van der Waals surface area (Å²) in [6.07, 6.45) is 14.6. The van der Waals surface area contributed by atoms with Gasteiger partial charge in [-0.3, -0.25) is 4.89 Å². The Morgan fingerprint density at radius 1 is 0.864 bits per heavy atom. The quantitative estimate of drug-likeness (QED) is 0.140. The molecule has 0 rings (SSSR count). The van der Waals surface area contributed by atoms with Crippen LogP contribution in [0.15, 0.2) is 11.8 Å². The Labute approximate surface area is 135 Å². The molecule has 0 atom stereocenters. The van der Waals surface area contributed by atoms with Gasteiger partial charge in [-0.1, -0.05) is 78.1 Å². The molecule has 0 bridgehead atoms. The molecule has 0 amide bonds. The van der Waals surface area contributed by atoms with E-state index in [4.69, 9.17) is 9.99 Å². The molecule has 0 aliphatic carbocycles. The first kappa shape index (κ1) is 21.0. The van der Waals surface area contributed by atoms with Gasteiger partial charge in [0.1, 0.15) is 0 Å².